The first-order valence-corrected chi connectivity index (χ1v) is 6.25. The molecular weight excluding hydrogens is 230 g/mol. The summed E-state index contributed by atoms with van der Waals surface area (Å²) < 4.78 is 27.3. The predicted octanol–water partition coefficient (Wildman–Crippen LogP) is 0.722. The normalized spacial score (nSPS) is 11.6. The Morgan fingerprint density at radius 3 is 2.31 bits per heavy atom. The standard InChI is InChI=1S/C9H9N3O3S/c1-16(13,14)7-4-2-6(3-5-7)8-11-9(10)12-15-8/h2-5H,1H3,(H2,10,12). The highest BCUT2D eigenvalue weighted by Gasteiger charge is 2.09. The number of nitrogens with two attached hydrogens (primary N) is 1. The van der Waals surface area contributed by atoms with E-state index in [1.54, 1.807) is 12.1 Å². The Hall–Kier alpha value is -1.89. The summed E-state index contributed by atoms with van der Waals surface area (Å²) in [5.74, 6) is 0.305. The van der Waals surface area contributed by atoms with Gasteiger partial charge < -0.3 is 10.3 Å². The van der Waals surface area contributed by atoms with Crippen LogP contribution in [0.15, 0.2) is 33.7 Å². The molecule has 0 atom stereocenters. The van der Waals surface area contributed by atoms with Gasteiger partial charge in [0.25, 0.3) is 11.8 Å². The summed E-state index contributed by atoms with van der Waals surface area (Å²) in [4.78, 5) is 4.06. The predicted molar refractivity (Wildman–Crippen MR) is 57.3 cm³/mol. The average molecular weight is 239 g/mol. The van der Waals surface area contributed by atoms with Gasteiger partial charge in [-0.3, -0.25) is 0 Å². The highest BCUT2D eigenvalue weighted by molar-refractivity contribution is 7.90. The van der Waals surface area contributed by atoms with Crippen LogP contribution in [-0.2, 0) is 9.84 Å². The molecule has 0 amide bonds. The molecule has 2 rings (SSSR count). The molecule has 84 valence electrons. The van der Waals surface area contributed by atoms with Gasteiger partial charge in [-0.05, 0) is 29.4 Å². The lowest BCUT2D eigenvalue weighted by atomic mass is 10.2. The van der Waals surface area contributed by atoms with E-state index in [1.165, 1.54) is 12.1 Å². The van der Waals surface area contributed by atoms with E-state index < -0.39 is 9.84 Å². The van der Waals surface area contributed by atoms with Gasteiger partial charge in [-0.15, -0.1) is 0 Å². The summed E-state index contributed by atoms with van der Waals surface area (Å²) in [6.07, 6.45) is 1.15. The van der Waals surface area contributed by atoms with E-state index in [1.807, 2.05) is 0 Å². The third-order valence-corrected chi connectivity index (χ3v) is 3.10. The molecule has 1 heterocycles. The Balaban J connectivity index is 2.40. The Morgan fingerprint density at radius 1 is 1.25 bits per heavy atom. The second-order valence-corrected chi connectivity index (χ2v) is 5.27. The Bertz CT molecular complexity index is 601. The van der Waals surface area contributed by atoms with Gasteiger partial charge in [0.05, 0.1) is 4.90 Å². The number of nitrogens with zero attached hydrogens (tertiary/aromatic N) is 2. The van der Waals surface area contributed by atoms with Crippen LogP contribution >= 0.6 is 0 Å². The van der Waals surface area contributed by atoms with Crippen LogP contribution in [0.3, 0.4) is 0 Å². The van der Waals surface area contributed by atoms with E-state index in [0.29, 0.717) is 5.56 Å². The zero-order chi connectivity index (χ0) is 11.8. The van der Waals surface area contributed by atoms with Crippen LogP contribution in [-0.4, -0.2) is 24.8 Å². The molecule has 2 N–H and O–H groups in total. The number of hydrogen-bond acceptors (Lipinski definition) is 6. The summed E-state index contributed by atoms with van der Waals surface area (Å²) in [5, 5.41) is 3.44. The van der Waals surface area contributed by atoms with Crippen molar-refractivity contribution in [2.75, 3.05) is 12.0 Å². The number of anilines is 1. The maximum absolute atomic E-state index is 11.2. The summed E-state index contributed by atoms with van der Waals surface area (Å²) >= 11 is 0. The number of hydrogen-bond donors (Lipinski definition) is 1. The van der Waals surface area contributed by atoms with Crippen molar-refractivity contribution < 1.29 is 12.9 Å². The molecule has 0 spiro atoms. The van der Waals surface area contributed by atoms with Crippen molar-refractivity contribution in [3.63, 3.8) is 0 Å². The molecule has 0 radical (unpaired) electrons. The zero-order valence-electron chi connectivity index (χ0n) is 8.41. The number of nitrogen functional groups attached to an aromatic ring is 1. The molecule has 16 heavy (non-hydrogen) atoms. The van der Waals surface area contributed by atoms with Crippen molar-refractivity contribution in [1.82, 2.24) is 10.1 Å². The minimum atomic E-state index is -3.19. The van der Waals surface area contributed by atoms with Gasteiger partial charge in [0.15, 0.2) is 9.84 Å². The first-order chi connectivity index (χ1) is 7.47. The molecule has 7 heteroatoms. The molecule has 0 unspecified atom stereocenters. The summed E-state index contributed by atoms with van der Waals surface area (Å²) in [7, 11) is -3.19. The van der Waals surface area contributed by atoms with E-state index in [4.69, 9.17) is 10.3 Å². The van der Waals surface area contributed by atoms with E-state index in [-0.39, 0.29) is 16.7 Å². The van der Waals surface area contributed by atoms with Gasteiger partial charge in [-0.1, -0.05) is 0 Å². The monoisotopic (exact) mass is 239 g/mol. The topological polar surface area (TPSA) is 99.1 Å². The minimum absolute atomic E-state index is 0.0437. The lowest BCUT2D eigenvalue weighted by Crippen LogP contribution is -1.96. The summed E-state index contributed by atoms with van der Waals surface area (Å²) in [6, 6.07) is 6.13. The summed E-state index contributed by atoms with van der Waals surface area (Å²) in [6.45, 7) is 0. The fourth-order valence-electron chi connectivity index (χ4n) is 1.20. The molecule has 0 fully saturated rings. The Morgan fingerprint density at radius 2 is 1.88 bits per heavy atom. The van der Waals surface area contributed by atoms with Gasteiger partial charge >= 0.3 is 0 Å². The van der Waals surface area contributed by atoms with Gasteiger partial charge in [-0.25, -0.2) is 8.42 Å². The lowest BCUT2D eigenvalue weighted by Gasteiger charge is -1.98. The quantitative estimate of drug-likeness (QED) is 0.829. The fourth-order valence-corrected chi connectivity index (χ4v) is 1.83. The van der Waals surface area contributed by atoms with E-state index >= 15 is 0 Å². The van der Waals surface area contributed by atoms with Crippen LogP contribution in [0.5, 0.6) is 0 Å². The lowest BCUT2D eigenvalue weighted by molar-refractivity contribution is 0.433. The maximum atomic E-state index is 11.2. The van der Waals surface area contributed by atoms with Crippen molar-refractivity contribution in [2.45, 2.75) is 4.90 Å². The second kappa shape index (κ2) is 3.60. The third kappa shape index (κ3) is 2.03. The van der Waals surface area contributed by atoms with Crippen molar-refractivity contribution in [3.05, 3.63) is 24.3 Å². The number of sulfone groups is 1. The van der Waals surface area contributed by atoms with Crippen LogP contribution in [0.25, 0.3) is 11.5 Å². The van der Waals surface area contributed by atoms with Crippen molar-refractivity contribution in [1.29, 1.82) is 0 Å². The number of aromatic nitrogens is 2. The average Bonchev–Trinajstić information content (AvgIpc) is 2.64. The molecular formula is C9H9N3O3S. The molecule has 0 aliphatic heterocycles. The number of rotatable bonds is 2. The SMILES string of the molecule is CS(=O)(=O)c1ccc(-c2nc(N)no2)cc1. The molecule has 0 bridgehead atoms. The molecule has 2 aromatic rings. The summed E-state index contributed by atoms with van der Waals surface area (Å²) in [5.41, 5.74) is 5.93. The molecule has 6 nitrogen and oxygen atoms in total. The zero-order valence-corrected chi connectivity index (χ0v) is 9.23. The molecule has 0 saturated heterocycles. The number of benzene rings is 1. The van der Waals surface area contributed by atoms with Crippen LogP contribution in [0, 0.1) is 0 Å². The molecule has 1 aromatic heterocycles. The molecule has 1 aromatic carbocycles. The van der Waals surface area contributed by atoms with Crippen LogP contribution in [0.1, 0.15) is 0 Å². The third-order valence-electron chi connectivity index (χ3n) is 1.97. The fraction of sp³-hybridized carbons (Fsp3) is 0.111. The molecule has 0 aliphatic carbocycles. The van der Waals surface area contributed by atoms with E-state index in [0.717, 1.165) is 6.26 Å². The maximum Gasteiger partial charge on any atom is 0.261 e. The molecule has 0 aliphatic rings. The highest BCUT2D eigenvalue weighted by atomic mass is 32.2. The van der Waals surface area contributed by atoms with Gasteiger partial charge in [0, 0.05) is 11.8 Å². The van der Waals surface area contributed by atoms with Gasteiger partial charge in [0.1, 0.15) is 0 Å². The van der Waals surface area contributed by atoms with Crippen molar-refractivity contribution in [2.24, 2.45) is 0 Å². The highest BCUT2D eigenvalue weighted by Crippen LogP contribution is 2.19. The van der Waals surface area contributed by atoms with Crippen LogP contribution in [0.4, 0.5) is 5.95 Å². The second-order valence-electron chi connectivity index (χ2n) is 3.25. The van der Waals surface area contributed by atoms with Gasteiger partial charge in [-0.2, -0.15) is 4.98 Å². The van der Waals surface area contributed by atoms with E-state index in [9.17, 15) is 8.42 Å². The molecule has 0 saturated carbocycles. The van der Waals surface area contributed by atoms with Crippen LogP contribution < -0.4 is 5.73 Å². The first kappa shape index (κ1) is 10.6. The van der Waals surface area contributed by atoms with E-state index in [2.05, 4.69) is 10.1 Å². The Labute approximate surface area is 92.0 Å². The van der Waals surface area contributed by atoms with Crippen molar-refractivity contribution in [3.8, 4) is 11.5 Å². The minimum Gasteiger partial charge on any atom is -0.365 e. The largest absolute Gasteiger partial charge is 0.365 e. The van der Waals surface area contributed by atoms with Crippen LogP contribution in [0.2, 0.25) is 0 Å². The van der Waals surface area contributed by atoms with Crippen molar-refractivity contribution >= 4 is 15.8 Å². The first-order valence-electron chi connectivity index (χ1n) is 4.36. The smallest absolute Gasteiger partial charge is 0.261 e. The van der Waals surface area contributed by atoms with Gasteiger partial charge in [0.2, 0.25) is 0 Å². The Kier molecular flexibility index (Phi) is 2.39.